The zero-order valence-corrected chi connectivity index (χ0v) is 16.7. The molecule has 3 N–H and O–H groups in total. The van der Waals surface area contributed by atoms with Crippen LogP contribution < -0.4 is 15.5 Å². The molecule has 0 unspecified atom stereocenters. The number of urea groups is 1. The fraction of sp³-hybridized carbons (Fsp3) is 0.364. The molecule has 0 spiro atoms. The summed E-state index contributed by atoms with van der Waals surface area (Å²) < 4.78 is 0. The molecular formula is C22H28N4O3. The Morgan fingerprint density at radius 2 is 1.76 bits per heavy atom. The van der Waals surface area contributed by atoms with E-state index >= 15 is 0 Å². The van der Waals surface area contributed by atoms with Gasteiger partial charge in [-0.3, -0.25) is 4.79 Å². The van der Waals surface area contributed by atoms with Crippen LogP contribution >= 0.6 is 0 Å². The molecule has 3 amide bonds. The van der Waals surface area contributed by atoms with Crippen molar-refractivity contribution in [2.75, 3.05) is 37.6 Å². The van der Waals surface area contributed by atoms with Crippen LogP contribution in [0.1, 0.15) is 29.3 Å². The smallest absolute Gasteiger partial charge is 0.317 e. The van der Waals surface area contributed by atoms with Crippen molar-refractivity contribution >= 4 is 17.6 Å². The summed E-state index contributed by atoms with van der Waals surface area (Å²) in [6.07, 6.45) is 0.888. The Bertz CT molecular complexity index is 847. The number of phenolic OH excluding ortho intramolecular Hbond substituents is 1. The van der Waals surface area contributed by atoms with Crippen LogP contribution in [0, 0.1) is 0 Å². The number of anilines is 1. The number of carbonyl (C=O) groups is 2. The van der Waals surface area contributed by atoms with E-state index in [2.05, 4.69) is 15.5 Å². The molecule has 3 rings (SSSR count). The first-order chi connectivity index (χ1) is 14.1. The molecule has 2 aromatic carbocycles. The summed E-state index contributed by atoms with van der Waals surface area (Å²) in [5.74, 6) is 0.161. The van der Waals surface area contributed by atoms with Gasteiger partial charge in [0.2, 0.25) is 0 Å². The highest BCUT2D eigenvalue weighted by atomic mass is 16.3. The quantitative estimate of drug-likeness (QED) is 0.701. The number of nitrogens with one attached hydrogen (secondary N) is 2. The lowest BCUT2D eigenvalue weighted by molar-refractivity contribution is 0.0953. The fourth-order valence-electron chi connectivity index (χ4n) is 3.33. The van der Waals surface area contributed by atoms with Crippen molar-refractivity contribution in [2.45, 2.75) is 19.9 Å². The lowest BCUT2D eigenvalue weighted by Crippen LogP contribution is -2.51. The number of phenols is 1. The van der Waals surface area contributed by atoms with Gasteiger partial charge in [0, 0.05) is 44.8 Å². The molecule has 0 radical (unpaired) electrons. The Labute approximate surface area is 171 Å². The molecule has 0 atom stereocenters. The summed E-state index contributed by atoms with van der Waals surface area (Å²) in [5.41, 5.74) is 2.28. The number of hydrogen-bond acceptors (Lipinski definition) is 4. The van der Waals surface area contributed by atoms with Crippen LogP contribution in [0.25, 0.3) is 0 Å². The van der Waals surface area contributed by atoms with Crippen molar-refractivity contribution in [3.63, 3.8) is 0 Å². The molecule has 0 saturated carbocycles. The number of nitrogens with zero attached hydrogens (tertiary/aromatic N) is 2. The van der Waals surface area contributed by atoms with Crippen molar-refractivity contribution in [3.05, 3.63) is 59.7 Å². The average molecular weight is 396 g/mol. The molecule has 1 saturated heterocycles. The second-order valence-corrected chi connectivity index (χ2v) is 7.08. The Balaban J connectivity index is 1.49. The number of rotatable bonds is 6. The standard InChI is InChI=1S/C22H28N4O3/c1-2-10-23-21(28)18-7-5-6-17(15-18)16-24-22(29)26-13-11-25(12-14-26)19-8-3-4-9-20(19)27/h3-9,15,27H,2,10-14,16H2,1H3,(H,23,28)(H,24,29). The summed E-state index contributed by atoms with van der Waals surface area (Å²) in [4.78, 5) is 28.4. The number of carbonyl (C=O) groups excluding carboxylic acids is 2. The van der Waals surface area contributed by atoms with Crippen LogP contribution in [-0.2, 0) is 6.54 Å². The van der Waals surface area contributed by atoms with Gasteiger partial charge in [0.1, 0.15) is 5.75 Å². The Morgan fingerprint density at radius 3 is 2.48 bits per heavy atom. The van der Waals surface area contributed by atoms with Gasteiger partial charge in [-0.25, -0.2) is 4.79 Å². The van der Waals surface area contributed by atoms with Crippen molar-refractivity contribution in [3.8, 4) is 5.75 Å². The summed E-state index contributed by atoms with van der Waals surface area (Å²) in [5, 5.41) is 15.8. The van der Waals surface area contributed by atoms with Crippen molar-refractivity contribution in [2.24, 2.45) is 0 Å². The maximum absolute atomic E-state index is 12.5. The SMILES string of the molecule is CCCNC(=O)c1cccc(CNC(=O)N2CCN(c3ccccc3O)CC2)c1. The molecule has 0 aliphatic carbocycles. The minimum Gasteiger partial charge on any atom is -0.506 e. The monoisotopic (exact) mass is 396 g/mol. The van der Waals surface area contributed by atoms with Gasteiger partial charge in [-0.15, -0.1) is 0 Å². The van der Waals surface area contributed by atoms with Crippen LogP contribution in [-0.4, -0.2) is 54.7 Å². The summed E-state index contributed by atoms with van der Waals surface area (Å²) in [6, 6.07) is 14.4. The van der Waals surface area contributed by atoms with E-state index in [1.165, 1.54) is 0 Å². The highest BCUT2D eigenvalue weighted by Gasteiger charge is 2.22. The molecule has 0 aromatic heterocycles. The Morgan fingerprint density at radius 1 is 1.00 bits per heavy atom. The second kappa shape index (κ2) is 9.82. The first-order valence-corrected chi connectivity index (χ1v) is 10.0. The normalized spacial score (nSPS) is 13.8. The minimum atomic E-state index is -0.122. The van der Waals surface area contributed by atoms with E-state index in [4.69, 9.17) is 0 Å². The molecular weight excluding hydrogens is 368 g/mol. The Hall–Kier alpha value is -3.22. The van der Waals surface area contributed by atoms with Crippen LogP contribution in [0.5, 0.6) is 5.75 Å². The number of piperazine rings is 1. The molecule has 1 aliphatic heterocycles. The Kier molecular flexibility index (Phi) is 6.94. The second-order valence-electron chi connectivity index (χ2n) is 7.08. The van der Waals surface area contributed by atoms with E-state index < -0.39 is 0 Å². The topological polar surface area (TPSA) is 84.9 Å². The largest absolute Gasteiger partial charge is 0.506 e. The first kappa shape index (κ1) is 20.5. The lowest BCUT2D eigenvalue weighted by atomic mass is 10.1. The molecule has 1 aliphatic rings. The maximum atomic E-state index is 12.5. The average Bonchev–Trinajstić information content (AvgIpc) is 2.76. The fourth-order valence-corrected chi connectivity index (χ4v) is 3.33. The van der Waals surface area contributed by atoms with E-state index in [0.29, 0.717) is 44.8 Å². The predicted molar refractivity (Wildman–Crippen MR) is 113 cm³/mol. The summed E-state index contributed by atoms with van der Waals surface area (Å²) in [6.45, 7) is 5.52. The van der Waals surface area contributed by atoms with Gasteiger partial charge in [0.15, 0.2) is 0 Å². The molecule has 7 heteroatoms. The van der Waals surface area contributed by atoms with Crippen molar-refractivity contribution < 1.29 is 14.7 Å². The zero-order chi connectivity index (χ0) is 20.6. The summed E-state index contributed by atoms with van der Waals surface area (Å²) >= 11 is 0. The molecule has 154 valence electrons. The maximum Gasteiger partial charge on any atom is 0.317 e. The first-order valence-electron chi connectivity index (χ1n) is 10.0. The molecule has 1 heterocycles. The van der Waals surface area contributed by atoms with Crippen molar-refractivity contribution in [1.29, 1.82) is 0 Å². The number of aromatic hydroxyl groups is 1. The van der Waals surface area contributed by atoms with Gasteiger partial charge in [0.25, 0.3) is 5.91 Å². The van der Waals surface area contributed by atoms with Crippen LogP contribution in [0.2, 0.25) is 0 Å². The highest BCUT2D eigenvalue weighted by molar-refractivity contribution is 5.94. The third kappa shape index (κ3) is 5.40. The van der Waals surface area contributed by atoms with E-state index in [1.54, 1.807) is 29.2 Å². The van der Waals surface area contributed by atoms with Crippen molar-refractivity contribution in [1.82, 2.24) is 15.5 Å². The van der Waals surface area contributed by atoms with Gasteiger partial charge in [-0.2, -0.15) is 0 Å². The molecule has 7 nitrogen and oxygen atoms in total. The van der Waals surface area contributed by atoms with Gasteiger partial charge in [-0.1, -0.05) is 31.2 Å². The van der Waals surface area contributed by atoms with Crippen LogP contribution in [0.3, 0.4) is 0 Å². The number of hydrogen-bond donors (Lipinski definition) is 3. The number of benzene rings is 2. The molecule has 1 fully saturated rings. The van der Waals surface area contributed by atoms with Gasteiger partial charge < -0.3 is 25.5 Å². The number of amides is 3. The van der Waals surface area contributed by atoms with Gasteiger partial charge >= 0.3 is 6.03 Å². The third-order valence-electron chi connectivity index (χ3n) is 4.96. The molecule has 0 bridgehead atoms. The minimum absolute atomic E-state index is 0.0969. The predicted octanol–water partition coefficient (Wildman–Crippen LogP) is 2.56. The zero-order valence-electron chi connectivity index (χ0n) is 16.7. The lowest BCUT2D eigenvalue weighted by Gasteiger charge is -2.36. The van der Waals surface area contributed by atoms with E-state index in [9.17, 15) is 14.7 Å². The van der Waals surface area contributed by atoms with E-state index in [1.807, 2.05) is 31.2 Å². The van der Waals surface area contributed by atoms with Gasteiger partial charge in [0.05, 0.1) is 5.69 Å². The van der Waals surface area contributed by atoms with Gasteiger partial charge in [-0.05, 0) is 36.2 Å². The van der Waals surface area contributed by atoms with E-state index in [0.717, 1.165) is 17.7 Å². The van der Waals surface area contributed by atoms with Crippen LogP contribution in [0.15, 0.2) is 48.5 Å². The molecule has 2 aromatic rings. The molecule has 29 heavy (non-hydrogen) atoms. The summed E-state index contributed by atoms with van der Waals surface area (Å²) in [7, 11) is 0. The highest BCUT2D eigenvalue weighted by Crippen LogP contribution is 2.27. The third-order valence-corrected chi connectivity index (χ3v) is 4.96. The van der Waals surface area contributed by atoms with E-state index in [-0.39, 0.29) is 17.7 Å². The number of para-hydroxylation sites is 2. The van der Waals surface area contributed by atoms with Crippen LogP contribution in [0.4, 0.5) is 10.5 Å².